The van der Waals surface area contributed by atoms with E-state index in [1.165, 1.54) is 12.3 Å². The van der Waals surface area contributed by atoms with Gasteiger partial charge in [0.05, 0.1) is 23.7 Å². The molecule has 1 aromatic heterocycles. The van der Waals surface area contributed by atoms with Gasteiger partial charge in [-0.15, -0.1) is 0 Å². The number of anilines is 1. The molecule has 96 valence electrons. The molecule has 0 saturated heterocycles. The highest BCUT2D eigenvalue weighted by atomic mass is 16.4. The molecule has 0 bridgehead atoms. The van der Waals surface area contributed by atoms with Gasteiger partial charge in [-0.1, -0.05) is 6.07 Å². The maximum Gasteiger partial charge on any atom is 0.338 e. The molecule has 0 aliphatic heterocycles. The van der Waals surface area contributed by atoms with Gasteiger partial charge in [-0.05, 0) is 24.3 Å². The van der Waals surface area contributed by atoms with Gasteiger partial charge in [0.15, 0.2) is 0 Å². The van der Waals surface area contributed by atoms with Crippen molar-refractivity contribution in [3.63, 3.8) is 0 Å². The van der Waals surface area contributed by atoms with Gasteiger partial charge in [-0.25, -0.2) is 4.79 Å². The Kier molecular flexibility index (Phi) is 3.53. The number of nitriles is 1. The molecule has 19 heavy (non-hydrogen) atoms. The molecule has 5 heteroatoms. The number of benzene rings is 1. The molecule has 1 aromatic carbocycles. The highest BCUT2D eigenvalue weighted by molar-refractivity contribution is 5.87. The minimum atomic E-state index is -1.01. The Morgan fingerprint density at radius 3 is 2.89 bits per heavy atom. The molecular weight excluding hydrogens is 244 g/mol. The molecule has 1 heterocycles. The van der Waals surface area contributed by atoms with E-state index >= 15 is 0 Å². The van der Waals surface area contributed by atoms with Crippen molar-refractivity contribution in [1.82, 2.24) is 0 Å². The first-order valence-electron chi connectivity index (χ1n) is 5.62. The topological polar surface area (TPSA) is 77.5 Å². The van der Waals surface area contributed by atoms with Gasteiger partial charge in [0.25, 0.3) is 0 Å². The first-order valence-corrected chi connectivity index (χ1v) is 5.62. The van der Waals surface area contributed by atoms with Crippen molar-refractivity contribution in [3.05, 3.63) is 53.5 Å². The largest absolute Gasteiger partial charge is 0.478 e. The summed E-state index contributed by atoms with van der Waals surface area (Å²) in [6.07, 6.45) is 1.22. The fourth-order valence-electron chi connectivity index (χ4n) is 1.71. The van der Waals surface area contributed by atoms with E-state index in [2.05, 4.69) is 6.07 Å². The molecule has 0 aliphatic carbocycles. The normalized spacial score (nSPS) is 9.89. The van der Waals surface area contributed by atoms with Crippen LogP contribution in [0.2, 0.25) is 0 Å². The van der Waals surface area contributed by atoms with Gasteiger partial charge < -0.3 is 14.4 Å². The van der Waals surface area contributed by atoms with Crippen molar-refractivity contribution < 1.29 is 14.3 Å². The van der Waals surface area contributed by atoms with Crippen LogP contribution in [0, 0.1) is 11.3 Å². The lowest BCUT2D eigenvalue weighted by Crippen LogP contribution is -2.15. The highest BCUT2D eigenvalue weighted by Crippen LogP contribution is 2.18. The minimum absolute atomic E-state index is 0.133. The maximum atomic E-state index is 10.7. The van der Waals surface area contributed by atoms with Crippen molar-refractivity contribution in [3.8, 4) is 6.07 Å². The van der Waals surface area contributed by atoms with Crippen LogP contribution in [0.3, 0.4) is 0 Å². The summed E-state index contributed by atoms with van der Waals surface area (Å²) in [5.74, 6) is -0.452. The third-order valence-electron chi connectivity index (χ3n) is 2.71. The van der Waals surface area contributed by atoms with Gasteiger partial charge in [0.2, 0.25) is 0 Å². The van der Waals surface area contributed by atoms with Crippen LogP contribution in [0.1, 0.15) is 21.7 Å². The summed E-state index contributed by atoms with van der Waals surface area (Å²) in [6.45, 7) is 0.433. The predicted octanol–water partition coefficient (Wildman–Crippen LogP) is 2.49. The minimum Gasteiger partial charge on any atom is -0.478 e. The van der Waals surface area contributed by atoms with Crippen LogP contribution >= 0.6 is 0 Å². The number of furan rings is 1. The fourth-order valence-corrected chi connectivity index (χ4v) is 1.71. The number of carboxylic acids is 1. The SMILES string of the molecule is CN(Cc1cc(C(=O)O)co1)c1cccc(C#N)c1. The summed E-state index contributed by atoms with van der Waals surface area (Å²) in [5, 5.41) is 17.7. The molecule has 0 fully saturated rings. The number of aromatic carboxylic acids is 1. The second-order valence-electron chi connectivity index (χ2n) is 4.13. The van der Waals surface area contributed by atoms with E-state index in [1.54, 1.807) is 18.2 Å². The van der Waals surface area contributed by atoms with E-state index in [0.717, 1.165) is 5.69 Å². The third-order valence-corrected chi connectivity index (χ3v) is 2.71. The Balaban J connectivity index is 2.13. The first kappa shape index (κ1) is 12.7. The number of carboxylic acid groups (broad SMARTS) is 1. The van der Waals surface area contributed by atoms with Crippen molar-refractivity contribution >= 4 is 11.7 Å². The van der Waals surface area contributed by atoms with Crippen LogP contribution in [0.15, 0.2) is 41.0 Å². The zero-order valence-electron chi connectivity index (χ0n) is 10.3. The van der Waals surface area contributed by atoms with Gasteiger partial charge in [0.1, 0.15) is 12.0 Å². The van der Waals surface area contributed by atoms with Crippen molar-refractivity contribution in [2.24, 2.45) is 0 Å². The Hall–Kier alpha value is -2.74. The number of carbonyl (C=O) groups is 1. The van der Waals surface area contributed by atoms with Gasteiger partial charge in [-0.2, -0.15) is 5.26 Å². The molecule has 1 N–H and O–H groups in total. The number of rotatable bonds is 4. The lowest BCUT2D eigenvalue weighted by molar-refractivity contribution is 0.0696. The molecule has 0 unspecified atom stereocenters. The van der Waals surface area contributed by atoms with E-state index in [0.29, 0.717) is 17.9 Å². The summed E-state index contributed by atoms with van der Waals surface area (Å²) in [4.78, 5) is 12.6. The lowest BCUT2D eigenvalue weighted by atomic mass is 10.2. The quantitative estimate of drug-likeness (QED) is 0.909. The van der Waals surface area contributed by atoms with Crippen molar-refractivity contribution in [2.45, 2.75) is 6.54 Å². The molecule has 0 saturated carbocycles. The predicted molar refractivity (Wildman–Crippen MR) is 68.9 cm³/mol. The molecule has 2 rings (SSSR count). The van der Waals surface area contributed by atoms with Gasteiger partial charge in [0, 0.05) is 12.7 Å². The van der Waals surface area contributed by atoms with Gasteiger partial charge >= 0.3 is 5.97 Å². The molecular formula is C14H12N2O3. The smallest absolute Gasteiger partial charge is 0.338 e. The van der Waals surface area contributed by atoms with E-state index < -0.39 is 5.97 Å². The van der Waals surface area contributed by atoms with E-state index in [1.807, 2.05) is 18.0 Å². The highest BCUT2D eigenvalue weighted by Gasteiger charge is 2.10. The molecule has 0 aliphatic rings. The molecule has 0 atom stereocenters. The Labute approximate surface area is 110 Å². The van der Waals surface area contributed by atoms with Crippen LogP contribution in [-0.2, 0) is 6.54 Å². The zero-order chi connectivity index (χ0) is 13.8. The van der Waals surface area contributed by atoms with E-state index in [9.17, 15) is 4.79 Å². The van der Waals surface area contributed by atoms with E-state index in [-0.39, 0.29) is 5.56 Å². The van der Waals surface area contributed by atoms with Gasteiger partial charge in [-0.3, -0.25) is 0 Å². The molecule has 5 nitrogen and oxygen atoms in total. The third kappa shape index (κ3) is 2.93. The second-order valence-corrected chi connectivity index (χ2v) is 4.13. The fraction of sp³-hybridized carbons (Fsp3) is 0.143. The maximum absolute atomic E-state index is 10.7. The van der Waals surface area contributed by atoms with Crippen molar-refractivity contribution in [1.29, 1.82) is 5.26 Å². The monoisotopic (exact) mass is 256 g/mol. The lowest BCUT2D eigenvalue weighted by Gasteiger charge is -2.17. The summed E-state index contributed by atoms with van der Waals surface area (Å²) < 4.78 is 5.19. The van der Waals surface area contributed by atoms with Crippen LogP contribution in [0.25, 0.3) is 0 Å². The molecule has 0 spiro atoms. The van der Waals surface area contributed by atoms with Crippen LogP contribution in [0.5, 0.6) is 0 Å². The second kappa shape index (κ2) is 5.27. The standard InChI is InChI=1S/C14H12N2O3/c1-16(12-4-2-3-10(5-12)7-15)8-13-6-11(9-19-13)14(17)18/h2-6,9H,8H2,1H3,(H,17,18). The zero-order valence-corrected chi connectivity index (χ0v) is 10.3. The summed E-state index contributed by atoms with van der Waals surface area (Å²) in [7, 11) is 1.85. The number of hydrogen-bond donors (Lipinski definition) is 1. The van der Waals surface area contributed by atoms with Crippen LogP contribution in [-0.4, -0.2) is 18.1 Å². The molecule has 0 radical (unpaired) electrons. The van der Waals surface area contributed by atoms with E-state index in [4.69, 9.17) is 14.8 Å². The Bertz CT molecular complexity index is 640. The molecule has 0 amide bonds. The summed E-state index contributed by atoms with van der Waals surface area (Å²) >= 11 is 0. The van der Waals surface area contributed by atoms with Crippen LogP contribution in [0.4, 0.5) is 5.69 Å². The summed E-state index contributed by atoms with van der Waals surface area (Å²) in [6, 6.07) is 10.7. The average molecular weight is 256 g/mol. The first-order chi connectivity index (χ1) is 9.10. The van der Waals surface area contributed by atoms with Crippen LogP contribution < -0.4 is 4.90 Å². The summed E-state index contributed by atoms with van der Waals surface area (Å²) in [5.41, 5.74) is 1.58. The number of nitrogens with zero attached hydrogens (tertiary/aromatic N) is 2. The Morgan fingerprint density at radius 1 is 1.47 bits per heavy atom. The van der Waals surface area contributed by atoms with Crippen molar-refractivity contribution in [2.75, 3.05) is 11.9 Å². The Morgan fingerprint density at radius 2 is 2.26 bits per heavy atom. The molecule has 2 aromatic rings. The average Bonchev–Trinajstić information content (AvgIpc) is 2.87. The number of hydrogen-bond acceptors (Lipinski definition) is 4.